The van der Waals surface area contributed by atoms with Gasteiger partial charge in [-0.2, -0.15) is 0 Å². The highest BCUT2D eigenvalue weighted by Crippen LogP contribution is 2.21. The fraction of sp³-hybridized carbons (Fsp3) is 0.133. The van der Waals surface area contributed by atoms with E-state index in [2.05, 4.69) is 25.1 Å². The molecule has 2 aromatic carbocycles. The zero-order valence-electron chi connectivity index (χ0n) is 10.0. The van der Waals surface area contributed by atoms with E-state index in [1.54, 1.807) is 0 Å². The predicted molar refractivity (Wildman–Crippen MR) is 70.5 cm³/mol. The summed E-state index contributed by atoms with van der Waals surface area (Å²) in [5.74, 6) is 0.194. The molecule has 0 saturated heterocycles. The number of rotatable bonds is 2. The Labute approximate surface area is 101 Å². The van der Waals surface area contributed by atoms with Crippen molar-refractivity contribution in [1.82, 2.24) is 0 Å². The van der Waals surface area contributed by atoms with Gasteiger partial charge in [0.2, 0.25) is 5.90 Å². The van der Waals surface area contributed by atoms with Crippen molar-refractivity contribution >= 4 is 5.90 Å². The number of benzene rings is 2. The molecule has 2 heteroatoms. The fourth-order valence-corrected chi connectivity index (χ4v) is 1.78. The maximum atomic E-state index is 7.66. The third kappa shape index (κ3) is 2.53. The van der Waals surface area contributed by atoms with E-state index in [1.165, 1.54) is 12.7 Å². The minimum absolute atomic E-state index is 0.194. The van der Waals surface area contributed by atoms with E-state index in [0.29, 0.717) is 0 Å². The Bertz CT molecular complexity index is 546. The molecule has 0 aliphatic rings. The lowest BCUT2D eigenvalue weighted by atomic mass is 10.0. The van der Waals surface area contributed by atoms with Crippen molar-refractivity contribution in [3.8, 4) is 11.1 Å². The van der Waals surface area contributed by atoms with Crippen molar-refractivity contribution in [2.24, 2.45) is 0 Å². The fourth-order valence-electron chi connectivity index (χ4n) is 1.78. The number of hydrogen-bond donors (Lipinski definition) is 1. The standard InChI is InChI=1S/C15H15NO/c1-11-5-3-6-12(9-11)13-7-4-8-14(10-13)15(16)17-2/h3-10,16H,1-2H3. The Morgan fingerprint density at radius 2 is 1.65 bits per heavy atom. The molecule has 2 aromatic rings. The monoisotopic (exact) mass is 225 g/mol. The van der Waals surface area contributed by atoms with E-state index in [4.69, 9.17) is 10.1 Å². The summed E-state index contributed by atoms with van der Waals surface area (Å²) in [7, 11) is 1.52. The second-order valence-corrected chi connectivity index (χ2v) is 3.98. The summed E-state index contributed by atoms with van der Waals surface area (Å²) in [6.07, 6.45) is 0. The first kappa shape index (κ1) is 11.4. The number of hydrogen-bond acceptors (Lipinski definition) is 2. The minimum Gasteiger partial charge on any atom is -0.481 e. The highest BCUT2D eigenvalue weighted by atomic mass is 16.5. The van der Waals surface area contributed by atoms with Gasteiger partial charge in [-0.1, -0.05) is 42.0 Å². The van der Waals surface area contributed by atoms with Gasteiger partial charge in [-0.25, -0.2) is 0 Å². The molecular formula is C15H15NO. The maximum Gasteiger partial charge on any atom is 0.212 e. The highest BCUT2D eigenvalue weighted by Gasteiger charge is 2.03. The summed E-state index contributed by atoms with van der Waals surface area (Å²) >= 11 is 0. The lowest BCUT2D eigenvalue weighted by molar-refractivity contribution is 0.401. The van der Waals surface area contributed by atoms with Crippen LogP contribution < -0.4 is 0 Å². The third-order valence-electron chi connectivity index (χ3n) is 2.68. The maximum absolute atomic E-state index is 7.66. The molecule has 0 atom stereocenters. The molecule has 2 rings (SSSR count). The van der Waals surface area contributed by atoms with Gasteiger partial charge in [0, 0.05) is 5.56 Å². The Morgan fingerprint density at radius 3 is 2.29 bits per heavy atom. The van der Waals surface area contributed by atoms with Crippen molar-refractivity contribution in [1.29, 1.82) is 5.41 Å². The Hall–Kier alpha value is -2.09. The normalized spacial score (nSPS) is 10.0. The van der Waals surface area contributed by atoms with Gasteiger partial charge < -0.3 is 4.74 Å². The molecule has 0 aliphatic heterocycles. The lowest BCUT2D eigenvalue weighted by Gasteiger charge is -2.06. The van der Waals surface area contributed by atoms with Crippen LogP contribution >= 0.6 is 0 Å². The van der Waals surface area contributed by atoms with Crippen LogP contribution in [0, 0.1) is 12.3 Å². The first-order valence-corrected chi connectivity index (χ1v) is 5.51. The quantitative estimate of drug-likeness (QED) is 0.614. The summed E-state index contributed by atoms with van der Waals surface area (Å²) in [5.41, 5.74) is 4.30. The van der Waals surface area contributed by atoms with Gasteiger partial charge >= 0.3 is 0 Å². The van der Waals surface area contributed by atoms with Crippen LogP contribution in [0.25, 0.3) is 11.1 Å². The Morgan fingerprint density at radius 1 is 1.00 bits per heavy atom. The van der Waals surface area contributed by atoms with Crippen LogP contribution in [0.4, 0.5) is 0 Å². The second-order valence-electron chi connectivity index (χ2n) is 3.98. The minimum atomic E-state index is 0.194. The van der Waals surface area contributed by atoms with Crippen molar-refractivity contribution < 1.29 is 4.74 Å². The molecule has 0 heterocycles. The molecule has 0 radical (unpaired) electrons. The lowest BCUT2D eigenvalue weighted by Crippen LogP contribution is -2.00. The number of nitrogens with one attached hydrogen (secondary N) is 1. The summed E-state index contributed by atoms with van der Waals surface area (Å²) < 4.78 is 4.93. The molecule has 0 aromatic heterocycles. The van der Waals surface area contributed by atoms with Crippen LogP contribution in [0.15, 0.2) is 48.5 Å². The summed E-state index contributed by atoms with van der Waals surface area (Å²) in [6, 6.07) is 16.2. The zero-order valence-corrected chi connectivity index (χ0v) is 10.0. The molecule has 0 bridgehead atoms. The largest absolute Gasteiger partial charge is 0.481 e. The van der Waals surface area contributed by atoms with Crippen molar-refractivity contribution in [3.63, 3.8) is 0 Å². The number of aryl methyl sites for hydroxylation is 1. The van der Waals surface area contributed by atoms with E-state index >= 15 is 0 Å². The first-order valence-electron chi connectivity index (χ1n) is 5.51. The Balaban J connectivity index is 2.43. The molecule has 0 spiro atoms. The molecule has 0 aliphatic carbocycles. The Kier molecular flexibility index (Phi) is 3.24. The zero-order chi connectivity index (χ0) is 12.3. The molecule has 0 fully saturated rings. The van der Waals surface area contributed by atoms with Crippen LogP contribution in [0.1, 0.15) is 11.1 Å². The summed E-state index contributed by atoms with van der Waals surface area (Å²) in [5, 5.41) is 7.66. The average Bonchev–Trinajstić information content (AvgIpc) is 2.38. The third-order valence-corrected chi connectivity index (χ3v) is 2.68. The van der Waals surface area contributed by atoms with E-state index in [-0.39, 0.29) is 5.90 Å². The van der Waals surface area contributed by atoms with E-state index in [1.807, 2.05) is 30.3 Å². The van der Waals surface area contributed by atoms with Gasteiger partial charge in [0.15, 0.2) is 0 Å². The molecule has 17 heavy (non-hydrogen) atoms. The van der Waals surface area contributed by atoms with Crippen LogP contribution in [0.5, 0.6) is 0 Å². The number of methoxy groups -OCH3 is 1. The van der Waals surface area contributed by atoms with E-state index in [0.717, 1.165) is 16.7 Å². The van der Waals surface area contributed by atoms with Crippen molar-refractivity contribution in [2.45, 2.75) is 6.92 Å². The molecular weight excluding hydrogens is 210 g/mol. The van der Waals surface area contributed by atoms with Crippen molar-refractivity contribution in [3.05, 3.63) is 59.7 Å². The molecule has 0 saturated carbocycles. The van der Waals surface area contributed by atoms with Gasteiger partial charge in [-0.15, -0.1) is 0 Å². The molecule has 86 valence electrons. The summed E-state index contributed by atoms with van der Waals surface area (Å²) in [6.45, 7) is 2.07. The average molecular weight is 225 g/mol. The smallest absolute Gasteiger partial charge is 0.212 e. The molecule has 0 amide bonds. The molecule has 1 N–H and O–H groups in total. The number of ether oxygens (including phenoxy) is 1. The van der Waals surface area contributed by atoms with Gasteiger partial charge in [-0.05, 0) is 30.2 Å². The van der Waals surface area contributed by atoms with Crippen molar-refractivity contribution in [2.75, 3.05) is 7.11 Å². The van der Waals surface area contributed by atoms with E-state index in [9.17, 15) is 0 Å². The molecule has 2 nitrogen and oxygen atoms in total. The second kappa shape index (κ2) is 4.83. The van der Waals surface area contributed by atoms with Crippen LogP contribution in [-0.4, -0.2) is 13.0 Å². The first-order chi connectivity index (χ1) is 8.20. The predicted octanol–water partition coefficient (Wildman–Crippen LogP) is 3.63. The molecule has 0 unspecified atom stereocenters. The van der Waals surface area contributed by atoms with Gasteiger partial charge in [0.05, 0.1) is 7.11 Å². The van der Waals surface area contributed by atoms with Gasteiger partial charge in [-0.3, -0.25) is 5.41 Å². The van der Waals surface area contributed by atoms with Crippen LogP contribution in [-0.2, 0) is 4.74 Å². The topological polar surface area (TPSA) is 33.1 Å². The SMILES string of the molecule is COC(=N)c1cccc(-c2cccc(C)c2)c1. The van der Waals surface area contributed by atoms with E-state index < -0.39 is 0 Å². The summed E-state index contributed by atoms with van der Waals surface area (Å²) in [4.78, 5) is 0. The van der Waals surface area contributed by atoms with Crippen LogP contribution in [0.2, 0.25) is 0 Å². The van der Waals surface area contributed by atoms with Gasteiger partial charge in [0.25, 0.3) is 0 Å². The van der Waals surface area contributed by atoms with Gasteiger partial charge in [0.1, 0.15) is 0 Å². The highest BCUT2D eigenvalue weighted by molar-refractivity contribution is 5.92. The van der Waals surface area contributed by atoms with Crippen LogP contribution in [0.3, 0.4) is 0 Å².